The molecule has 0 spiro atoms. The van der Waals surface area contributed by atoms with Crippen molar-refractivity contribution < 1.29 is 23.4 Å². The molecular formula is C17H13ClO5. The zero-order valence-corrected chi connectivity index (χ0v) is 13.2. The molecule has 0 saturated carbocycles. The number of rotatable bonds is 4. The lowest BCUT2D eigenvalue weighted by atomic mass is 10.2. The predicted molar refractivity (Wildman–Crippen MR) is 85.7 cm³/mol. The summed E-state index contributed by atoms with van der Waals surface area (Å²) in [5.41, 5.74) is 0.549. The number of furan rings is 1. The van der Waals surface area contributed by atoms with Crippen LogP contribution in [0.1, 0.15) is 10.6 Å². The van der Waals surface area contributed by atoms with Crippen molar-refractivity contribution in [1.29, 1.82) is 0 Å². The Kier molecular flexibility index (Phi) is 4.12. The molecule has 0 N–H and O–H groups in total. The summed E-state index contributed by atoms with van der Waals surface area (Å²) < 4.78 is 21.3. The molecule has 0 atom stereocenters. The highest BCUT2D eigenvalue weighted by molar-refractivity contribution is 6.31. The third kappa shape index (κ3) is 2.96. The molecule has 3 rings (SSSR count). The maximum absolute atomic E-state index is 12.3. The quantitative estimate of drug-likeness (QED) is 0.526. The summed E-state index contributed by atoms with van der Waals surface area (Å²) in [6.07, 6.45) is 0. The molecule has 5 nitrogen and oxygen atoms in total. The number of fused-ring (bicyclic) bond motifs is 1. The number of hydrogen-bond acceptors (Lipinski definition) is 5. The first-order valence-corrected chi connectivity index (χ1v) is 7.12. The summed E-state index contributed by atoms with van der Waals surface area (Å²) in [4.78, 5) is 12.3. The average Bonchev–Trinajstić information content (AvgIpc) is 2.98. The SMILES string of the molecule is COc1cccc(OC)c1OC(=O)c1cc2cc(Cl)ccc2o1. The zero-order valence-electron chi connectivity index (χ0n) is 12.5. The van der Waals surface area contributed by atoms with E-state index < -0.39 is 5.97 Å². The lowest BCUT2D eigenvalue weighted by Crippen LogP contribution is -2.09. The number of carbonyl (C=O) groups excluding carboxylic acids is 1. The second-order valence-corrected chi connectivity index (χ2v) is 5.11. The van der Waals surface area contributed by atoms with Gasteiger partial charge in [0.25, 0.3) is 0 Å². The van der Waals surface area contributed by atoms with E-state index in [4.69, 9.17) is 30.2 Å². The van der Waals surface area contributed by atoms with Crippen molar-refractivity contribution in [3.8, 4) is 17.2 Å². The monoisotopic (exact) mass is 332 g/mol. The van der Waals surface area contributed by atoms with Gasteiger partial charge in [0, 0.05) is 10.4 Å². The Hall–Kier alpha value is -2.66. The van der Waals surface area contributed by atoms with Crippen LogP contribution in [0.2, 0.25) is 5.02 Å². The number of ether oxygens (including phenoxy) is 3. The van der Waals surface area contributed by atoms with E-state index >= 15 is 0 Å². The molecule has 0 amide bonds. The molecule has 0 aliphatic heterocycles. The van der Waals surface area contributed by atoms with Crippen molar-refractivity contribution in [2.45, 2.75) is 0 Å². The smallest absolute Gasteiger partial charge is 0.379 e. The molecule has 1 heterocycles. The third-order valence-corrected chi connectivity index (χ3v) is 3.49. The van der Waals surface area contributed by atoms with Crippen molar-refractivity contribution >= 4 is 28.5 Å². The van der Waals surface area contributed by atoms with E-state index in [0.29, 0.717) is 22.1 Å². The molecule has 1 aromatic heterocycles. The van der Waals surface area contributed by atoms with Crippen molar-refractivity contribution in [3.05, 3.63) is 53.2 Å². The van der Waals surface area contributed by atoms with Crippen molar-refractivity contribution in [1.82, 2.24) is 0 Å². The maximum Gasteiger partial charge on any atom is 0.379 e. The van der Waals surface area contributed by atoms with Gasteiger partial charge in [0.15, 0.2) is 11.5 Å². The second kappa shape index (κ2) is 6.22. The van der Waals surface area contributed by atoms with Crippen LogP contribution in [0.5, 0.6) is 17.2 Å². The van der Waals surface area contributed by atoms with Gasteiger partial charge in [0.05, 0.1) is 14.2 Å². The molecule has 3 aromatic rings. The van der Waals surface area contributed by atoms with E-state index in [-0.39, 0.29) is 11.5 Å². The lowest BCUT2D eigenvalue weighted by molar-refractivity contribution is 0.0693. The van der Waals surface area contributed by atoms with Crippen LogP contribution in [0.25, 0.3) is 11.0 Å². The minimum atomic E-state index is -0.653. The van der Waals surface area contributed by atoms with E-state index in [0.717, 1.165) is 5.39 Å². The Labute approximate surface area is 137 Å². The first-order valence-electron chi connectivity index (χ1n) is 6.74. The fourth-order valence-electron chi connectivity index (χ4n) is 2.18. The molecule has 0 aliphatic carbocycles. The highest BCUT2D eigenvalue weighted by atomic mass is 35.5. The zero-order chi connectivity index (χ0) is 16.4. The molecule has 0 bridgehead atoms. The van der Waals surface area contributed by atoms with Gasteiger partial charge in [-0.05, 0) is 36.4 Å². The van der Waals surface area contributed by atoms with Gasteiger partial charge in [-0.25, -0.2) is 4.79 Å². The summed E-state index contributed by atoms with van der Waals surface area (Å²) in [6.45, 7) is 0. The normalized spacial score (nSPS) is 10.6. The summed E-state index contributed by atoms with van der Waals surface area (Å²) in [7, 11) is 2.96. The van der Waals surface area contributed by atoms with Crippen LogP contribution in [-0.4, -0.2) is 20.2 Å². The van der Waals surface area contributed by atoms with Gasteiger partial charge in [-0.2, -0.15) is 0 Å². The Morgan fingerprint density at radius 1 is 1.04 bits per heavy atom. The maximum atomic E-state index is 12.3. The van der Waals surface area contributed by atoms with Crippen LogP contribution in [0.15, 0.2) is 46.9 Å². The van der Waals surface area contributed by atoms with Crippen LogP contribution >= 0.6 is 11.6 Å². The number of carbonyl (C=O) groups is 1. The second-order valence-electron chi connectivity index (χ2n) is 4.67. The first-order chi connectivity index (χ1) is 11.1. The van der Waals surface area contributed by atoms with Gasteiger partial charge in [-0.3, -0.25) is 0 Å². The van der Waals surface area contributed by atoms with E-state index in [1.807, 2.05) is 0 Å². The number of methoxy groups -OCH3 is 2. The Balaban J connectivity index is 1.94. The molecule has 6 heteroatoms. The molecule has 2 aromatic carbocycles. The molecule has 0 unspecified atom stereocenters. The fraction of sp³-hybridized carbons (Fsp3) is 0.118. The minimum Gasteiger partial charge on any atom is -0.493 e. The van der Waals surface area contributed by atoms with Gasteiger partial charge in [0.1, 0.15) is 5.58 Å². The number of para-hydroxylation sites is 1. The Morgan fingerprint density at radius 3 is 2.39 bits per heavy atom. The standard InChI is InChI=1S/C17H13ClO5/c1-20-13-4-3-5-14(21-2)16(13)23-17(19)15-9-10-8-11(18)6-7-12(10)22-15/h3-9H,1-2H3. The van der Waals surface area contributed by atoms with Gasteiger partial charge >= 0.3 is 5.97 Å². The molecule has 23 heavy (non-hydrogen) atoms. The van der Waals surface area contributed by atoms with Crippen LogP contribution in [0.3, 0.4) is 0 Å². The summed E-state index contributed by atoms with van der Waals surface area (Å²) >= 11 is 5.93. The molecule has 118 valence electrons. The summed E-state index contributed by atoms with van der Waals surface area (Å²) in [5.74, 6) is 0.380. The predicted octanol–water partition coefficient (Wildman–Crippen LogP) is 4.32. The minimum absolute atomic E-state index is 0.0650. The van der Waals surface area contributed by atoms with E-state index in [2.05, 4.69) is 0 Å². The highest BCUT2D eigenvalue weighted by Gasteiger charge is 2.20. The number of hydrogen-bond donors (Lipinski definition) is 0. The highest BCUT2D eigenvalue weighted by Crippen LogP contribution is 2.37. The lowest BCUT2D eigenvalue weighted by Gasteiger charge is -2.11. The largest absolute Gasteiger partial charge is 0.493 e. The van der Waals surface area contributed by atoms with E-state index in [1.165, 1.54) is 14.2 Å². The molecule has 0 aliphatic rings. The van der Waals surface area contributed by atoms with Crippen LogP contribution in [0, 0.1) is 0 Å². The van der Waals surface area contributed by atoms with E-state index in [9.17, 15) is 4.79 Å². The van der Waals surface area contributed by atoms with Crippen LogP contribution < -0.4 is 14.2 Å². The average molecular weight is 333 g/mol. The van der Waals surface area contributed by atoms with Crippen molar-refractivity contribution in [3.63, 3.8) is 0 Å². The van der Waals surface area contributed by atoms with E-state index in [1.54, 1.807) is 42.5 Å². The Morgan fingerprint density at radius 2 is 1.74 bits per heavy atom. The summed E-state index contributed by atoms with van der Waals surface area (Å²) in [6, 6.07) is 11.7. The Bertz CT molecular complexity index is 846. The van der Waals surface area contributed by atoms with Crippen LogP contribution in [0.4, 0.5) is 0 Å². The molecule has 0 radical (unpaired) electrons. The topological polar surface area (TPSA) is 57.9 Å². The van der Waals surface area contributed by atoms with Crippen molar-refractivity contribution in [2.24, 2.45) is 0 Å². The van der Waals surface area contributed by atoms with Gasteiger partial charge in [-0.15, -0.1) is 0 Å². The fourth-order valence-corrected chi connectivity index (χ4v) is 2.36. The molecule has 0 fully saturated rings. The van der Waals surface area contributed by atoms with Crippen LogP contribution in [-0.2, 0) is 0 Å². The summed E-state index contributed by atoms with van der Waals surface area (Å²) in [5, 5.41) is 1.28. The van der Waals surface area contributed by atoms with Gasteiger partial charge in [-0.1, -0.05) is 17.7 Å². The van der Waals surface area contributed by atoms with Crippen molar-refractivity contribution in [2.75, 3.05) is 14.2 Å². The molecular weight excluding hydrogens is 320 g/mol. The number of halogens is 1. The van der Waals surface area contributed by atoms with Gasteiger partial charge in [0.2, 0.25) is 11.5 Å². The van der Waals surface area contributed by atoms with Gasteiger partial charge < -0.3 is 18.6 Å². The molecule has 0 saturated heterocycles. The first kappa shape index (κ1) is 15.2. The number of benzene rings is 2. The third-order valence-electron chi connectivity index (χ3n) is 3.26. The number of esters is 1.